The van der Waals surface area contributed by atoms with Crippen molar-refractivity contribution in [2.75, 3.05) is 0 Å². The number of hydrogen-bond acceptors (Lipinski definition) is 2. The smallest absolute Gasteiger partial charge is 0.310 e. The summed E-state index contributed by atoms with van der Waals surface area (Å²) in [6.45, 7) is 5.19. The Morgan fingerprint density at radius 2 is 1.86 bits per heavy atom. The van der Waals surface area contributed by atoms with E-state index in [1.165, 1.54) is 6.07 Å². The molecule has 5 heteroatoms. The maximum Gasteiger partial charge on any atom is 0.310 e. The summed E-state index contributed by atoms with van der Waals surface area (Å²) in [7, 11) is 0. The van der Waals surface area contributed by atoms with Crippen molar-refractivity contribution < 1.29 is 19.1 Å². The number of halogens is 1. The molecule has 0 bridgehead atoms. The van der Waals surface area contributed by atoms with Crippen LogP contribution in [0.15, 0.2) is 24.3 Å². The fourth-order valence-electron chi connectivity index (χ4n) is 2.38. The lowest BCUT2D eigenvalue weighted by molar-refractivity contribution is -0.152. The predicted molar refractivity (Wildman–Crippen MR) is 78.2 cm³/mol. The van der Waals surface area contributed by atoms with E-state index in [4.69, 9.17) is 0 Å². The van der Waals surface area contributed by atoms with Crippen LogP contribution in [0.25, 0.3) is 0 Å². The number of amides is 1. The number of nitrogens with one attached hydrogen (secondary N) is 1. The standard InChI is InChI=1S/C16H22FNO3/c1-4-16(5-2,15(20)21)10-14(19)18-11(3)12-8-6-7-9-13(12)17/h6-9,11H,4-5,10H2,1-3H3,(H,18,19)(H,20,21)/t11-/m0/s1. The van der Waals surface area contributed by atoms with Crippen LogP contribution in [0.2, 0.25) is 0 Å². The van der Waals surface area contributed by atoms with Crippen molar-refractivity contribution in [3.8, 4) is 0 Å². The van der Waals surface area contributed by atoms with Crippen molar-refractivity contribution in [1.82, 2.24) is 5.32 Å². The highest BCUT2D eigenvalue weighted by molar-refractivity contribution is 5.85. The molecule has 0 fully saturated rings. The van der Waals surface area contributed by atoms with E-state index in [-0.39, 0.29) is 18.1 Å². The van der Waals surface area contributed by atoms with Gasteiger partial charge >= 0.3 is 5.97 Å². The van der Waals surface area contributed by atoms with E-state index in [1.807, 2.05) is 0 Å². The van der Waals surface area contributed by atoms with Gasteiger partial charge < -0.3 is 10.4 Å². The quantitative estimate of drug-likeness (QED) is 0.811. The molecule has 0 aliphatic carbocycles. The largest absolute Gasteiger partial charge is 0.481 e. The van der Waals surface area contributed by atoms with Gasteiger partial charge in [-0.05, 0) is 25.8 Å². The summed E-state index contributed by atoms with van der Waals surface area (Å²) in [5.41, 5.74) is -0.668. The van der Waals surface area contributed by atoms with Gasteiger partial charge in [0.1, 0.15) is 5.82 Å². The number of rotatable bonds is 7. The molecule has 4 nitrogen and oxygen atoms in total. The van der Waals surface area contributed by atoms with Gasteiger partial charge in [-0.25, -0.2) is 4.39 Å². The summed E-state index contributed by atoms with van der Waals surface area (Å²) in [5, 5.41) is 12.0. The minimum atomic E-state index is -1.06. The third kappa shape index (κ3) is 4.03. The molecule has 0 spiro atoms. The van der Waals surface area contributed by atoms with Crippen molar-refractivity contribution in [3.63, 3.8) is 0 Å². The van der Waals surface area contributed by atoms with Crippen LogP contribution in [0.4, 0.5) is 4.39 Å². The number of carboxylic acids is 1. The monoisotopic (exact) mass is 295 g/mol. The van der Waals surface area contributed by atoms with Gasteiger partial charge in [0.15, 0.2) is 0 Å². The molecule has 2 N–H and O–H groups in total. The normalized spacial score (nSPS) is 12.8. The molecule has 0 unspecified atom stereocenters. The zero-order valence-corrected chi connectivity index (χ0v) is 12.6. The molecular weight excluding hydrogens is 273 g/mol. The second-order valence-corrected chi connectivity index (χ2v) is 5.28. The molecule has 1 aromatic carbocycles. The highest BCUT2D eigenvalue weighted by atomic mass is 19.1. The van der Waals surface area contributed by atoms with Gasteiger partial charge in [0.05, 0.1) is 11.5 Å². The van der Waals surface area contributed by atoms with Gasteiger partial charge in [-0.1, -0.05) is 32.0 Å². The number of hydrogen-bond donors (Lipinski definition) is 2. The first-order valence-corrected chi connectivity index (χ1v) is 7.13. The molecule has 116 valence electrons. The van der Waals surface area contributed by atoms with Crippen LogP contribution in [-0.2, 0) is 9.59 Å². The van der Waals surface area contributed by atoms with Crippen LogP contribution in [0.1, 0.15) is 51.6 Å². The minimum absolute atomic E-state index is 0.103. The van der Waals surface area contributed by atoms with E-state index in [9.17, 15) is 19.1 Å². The summed E-state index contributed by atoms with van der Waals surface area (Å²) < 4.78 is 13.6. The molecule has 0 aliphatic heterocycles. The Bertz CT molecular complexity index is 512. The van der Waals surface area contributed by atoms with Gasteiger partial charge in [0.25, 0.3) is 0 Å². The summed E-state index contributed by atoms with van der Waals surface area (Å²) >= 11 is 0. The van der Waals surface area contributed by atoms with E-state index < -0.39 is 17.4 Å². The van der Waals surface area contributed by atoms with E-state index in [0.717, 1.165) is 0 Å². The maximum atomic E-state index is 13.6. The van der Waals surface area contributed by atoms with Crippen LogP contribution in [0.5, 0.6) is 0 Å². The minimum Gasteiger partial charge on any atom is -0.481 e. The first kappa shape index (κ1) is 17.1. The van der Waals surface area contributed by atoms with Gasteiger partial charge in [-0.3, -0.25) is 9.59 Å². The second-order valence-electron chi connectivity index (χ2n) is 5.28. The molecule has 1 atom stereocenters. The highest BCUT2D eigenvalue weighted by Crippen LogP contribution is 2.31. The van der Waals surface area contributed by atoms with Crippen molar-refractivity contribution in [2.24, 2.45) is 5.41 Å². The number of carbonyl (C=O) groups is 2. The molecule has 0 aromatic heterocycles. The number of benzene rings is 1. The van der Waals surface area contributed by atoms with E-state index in [2.05, 4.69) is 5.32 Å². The molecule has 1 rings (SSSR count). The van der Waals surface area contributed by atoms with Crippen LogP contribution in [0.3, 0.4) is 0 Å². The predicted octanol–water partition coefficient (Wildman–Crippen LogP) is 3.28. The topological polar surface area (TPSA) is 66.4 Å². The molecule has 1 amide bonds. The summed E-state index contributed by atoms with van der Waals surface area (Å²) in [6, 6.07) is 5.71. The first-order chi connectivity index (χ1) is 9.86. The Kier molecular flexibility index (Phi) is 5.88. The number of carboxylic acid groups (broad SMARTS) is 1. The number of carbonyl (C=O) groups excluding carboxylic acids is 1. The Balaban J connectivity index is 2.77. The lowest BCUT2D eigenvalue weighted by atomic mass is 9.79. The molecular formula is C16H22FNO3. The molecule has 1 aromatic rings. The van der Waals surface area contributed by atoms with Crippen molar-refractivity contribution in [3.05, 3.63) is 35.6 Å². The zero-order chi connectivity index (χ0) is 16.0. The van der Waals surface area contributed by atoms with E-state index in [0.29, 0.717) is 18.4 Å². The van der Waals surface area contributed by atoms with Crippen LogP contribution in [-0.4, -0.2) is 17.0 Å². The van der Waals surface area contributed by atoms with E-state index in [1.54, 1.807) is 39.0 Å². The zero-order valence-electron chi connectivity index (χ0n) is 12.6. The fourth-order valence-corrected chi connectivity index (χ4v) is 2.38. The van der Waals surface area contributed by atoms with Crippen LogP contribution >= 0.6 is 0 Å². The average molecular weight is 295 g/mol. The highest BCUT2D eigenvalue weighted by Gasteiger charge is 2.37. The molecule has 0 saturated carbocycles. The molecule has 0 saturated heterocycles. The SMILES string of the molecule is CCC(CC)(CC(=O)N[C@@H](C)c1ccccc1F)C(=O)O. The van der Waals surface area contributed by atoms with Gasteiger partial charge in [0, 0.05) is 12.0 Å². The van der Waals surface area contributed by atoms with Crippen molar-refractivity contribution in [1.29, 1.82) is 0 Å². The number of aliphatic carboxylic acids is 1. The van der Waals surface area contributed by atoms with Crippen molar-refractivity contribution in [2.45, 2.75) is 46.1 Å². The van der Waals surface area contributed by atoms with Crippen LogP contribution < -0.4 is 5.32 Å². The lowest BCUT2D eigenvalue weighted by Crippen LogP contribution is -2.37. The Hall–Kier alpha value is -1.91. The molecule has 0 aliphatic rings. The molecule has 21 heavy (non-hydrogen) atoms. The van der Waals surface area contributed by atoms with Crippen LogP contribution in [0, 0.1) is 11.2 Å². The third-order valence-electron chi connectivity index (χ3n) is 4.06. The van der Waals surface area contributed by atoms with Gasteiger partial charge in [0.2, 0.25) is 5.91 Å². The van der Waals surface area contributed by atoms with E-state index >= 15 is 0 Å². The Morgan fingerprint density at radius 3 is 2.33 bits per heavy atom. The first-order valence-electron chi connectivity index (χ1n) is 7.13. The molecule has 0 heterocycles. The van der Waals surface area contributed by atoms with Gasteiger partial charge in [-0.2, -0.15) is 0 Å². The maximum absolute atomic E-state index is 13.6. The lowest BCUT2D eigenvalue weighted by Gasteiger charge is -2.26. The Labute approximate surface area is 124 Å². The summed E-state index contributed by atoms with van der Waals surface area (Å²) in [4.78, 5) is 23.5. The Morgan fingerprint density at radius 1 is 1.29 bits per heavy atom. The molecule has 0 radical (unpaired) electrons. The van der Waals surface area contributed by atoms with Gasteiger partial charge in [-0.15, -0.1) is 0 Å². The summed E-state index contributed by atoms with van der Waals surface area (Å²) in [5.74, 6) is -1.74. The third-order valence-corrected chi connectivity index (χ3v) is 4.06. The fraction of sp³-hybridized carbons (Fsp3) is 0.500. The average Bonchev–Trinajstić information content (AvgIpc) is 2.44. The van der Waals surface area contributed by atoms with Crippen molar-refractivity contribution >= 4 is 11.9 Å². The summed E-state index contributed by atoms with van der Waals surface area (Å²) in [6.07, 6.45) is 0.648. The second kappa shape index (κ2) is 7.20.